The number of aryl methyl sites for hydroxylation is 1. The highest BCUT2D eigenvalue weighted by atomic mass is 31.2. The number of hydrogen-bond acceptors (Lipinski definition) is 7. The van der Waals surface area contributed by atoms with Gasteiger partial charge < -0.3 is 19.1 Å². The number of aromatic nitrogens is 5. The summed E-state index contributed by atoms with van der Waals surface area (Å²) in [6.07, 6.45) is 2.18. The Morgan fingerprint density at radius 2 is 2.07 bits per heavy atom. The van der Waals surface area contributed by atoms with Gasteiger partial charge in [0.2, 0.25) is 0 Å². The molecular weight excluding hydrogens is 389 g/mol. The zero-order valence-corrected chi connectivity index (χ0v) is 16.9. The molecule has 1 saturated heterocycles. The third kappa shape index (κ3) is 4.17. The van der Waals surface area contributed by atoms with Gasteiger partial charge in [-0.1, -0.05) is 26.0 Å². The van der Waals surface area contributed by atoms with Gasteiger partial charge in [0.1, 0.15) is 6.23 Å². The molecule has 2 aromatic heterocycles. The van der Waals surface area contributed by atoms with Crippen molar-refractivity contribution >= 4 is 13.0 Å². The van der Waals surface area contributed by atoms with Crippen molar-refractivity contribution in [3.63, 3.8) is 0 Å². The minimum Gasteiger partial charge on any atom is -0.774 e. The highest BCUT2D eigenvalue weighted by Gasteiger charge is 2.43. The molecule has 154 valence electrons. The van der Waals surface area contributed by atoms with Crippen molar-refractivity contribution in [2.75, 3.05) is 0 Å². The SMILES string of the molecule is Cc1cn([C@H]2C[C@@H](C(C)(C)C)[C@@H](Cn3cc(P(=O)([O-])O)nn3)O2)c(=O)[nH]c1=O. The molecule has 1 unspecified atom stereocenters. The lowest BCUT2D eigenvalue weighted by Crippen LogP contribution is -2.33. The van der Waals surface area contributed by atoms with Crippen LogP contribution < -0.4 is 21.6 Å². The molecule has 1 fully saturated rings. The van der Waals surface area contributed by atoms with Crippen molar-refractivity contribution in [2.45, 2.75) is 53.0 Å². The van der Waals surface area contributed by atoms with Crippen LogP contribution in [0.1, 0.15) is 39.0 Å². The summed E-state index contributed by atoms with van der Waals surface area (Å²) in [6, 6.07) is 0. The van der Waals surface area contributed by atoms with E-state index in [4.69, 9.17) is 9.63 Å². The summed E-state index contributed by atoms with van der Waals surface area (Å²) in [6.45, 7) is 7.94. The Labute approximate surface area is 160 Å². The van der Waals surface area contributed by atoms with E-state index in [9.17, 15) is 19.0 Å². The highest BCUT2D eigenvalue weighted by molar-refractivity contribution is 7.58. The summed E-state index contributed by atoms with van der Waals surface area (Å²) >= 11 is 0. The minimum atomic E-state index is -4.73. The van der Waals surface area contributed by atoms with Gasteiger partial charge >= 0.3 is 5.69 Å². The van der Waals surface area contributed by atoms with Crippen molar-refractivity contribution in [2.24, 2.45) is 11.3 Å². The van der Waals surface area contributed by atoms with E-state index in [-0.39, 0.29) is 24.0 Å². The standard InChI is InChI=1S/C16H24N5O6P/c1-9-6-21(15(23)17-14(9)22)13-5-10(16(2,3)4)11(27-13)7-20-8-12(18-19-20)28(24,25)26/h6,8,10-11,13H,5,7H2,1-4H3,(H,17,22,23)(H2,24,25,26)/p-1/t10-,11-,13-/m1/s1. The number of nitrogens with one attached hydrogen (secondary N) is 1. The number of rotatable bonds is 4. The largest absolute Gasteiger partial charge is 0.774 e. The van der Waals surface area contributed by atoms with Crippen LogP contribution in [0.5, 0.6) is 0 Å². The minimum absolute atomic E-state index is 0.0115. The average Bonchev–Trinajstić information content (AvgIpc) is 3.17. The fourth-order valence-corrected chi connectivity index (χ4v) is 3.91. The van der Waals surface area contributed by atoms with Crippen molar-refractivity contribution in [1.82, 2.24) is 24.5 Å². The van der Waals surface area contributed by atoms with Crippen LogP contribution in [0.3, 0.4) is 0 Å². The van der Waals surface area contributed by atoms with E-state index < -0.39 is 30.5 Å². The molecular formula is C16H23N5O6P-. The van der Waals surface area contributed by atoms with E-state index in [1.54, 1.807) is 6.92 Å². The summed E-state index contributed by atoms with van der Waals surface area (Å²) < 4.78 is 20.0. The lowest BCUT2D eigenvalue weighted by atomic mass is 9.76. The fraction of sp³-hybridized carbons (Fsp3) is 0.625. The van der Waals surface area contributed by atoms with Gasteiger partial charge in [-0.2, -0.15) is 0 Å². The third-order valence-corrected chi connectivity index (χ3v) is 5.77. The third-order valence-electron chi connectivity index (χ3n) is 4.99. The summed E-state index contributed by atoms with van der Waals surface area (Å²) in [5.41, 5.74) is -1.28. The molecule has 2 aromatic rings. The van der Waals surface area contributed by atoms with Crippen molar-refractivity contribution in [3.8, 4) is 0 Å². The number of hydrogen-bond donors (Lipinski definition) is 2. The van der Waals surface area contributed by atoms with E-state index in [1.807, 2.05) is 20.8 Å². The van der Waals surface area contributed by atoms with Crippen LogP contribution in [-0.4, -0.2) is 35.5 Å². The van der Waals surface area contributed by atoms with E-state index in [1.165, 1.54) is 15.4 Å². The first-order valence-corrected chi connectivity index (χ1v) is 10.4. The normalized spacial score (nSPS) is 25.0. The molecule has 0 spiro atoms. The predicted molar refractivity (Wildman–Crippen MR) is 97.0 cm³/mol. The molecule has 0 saturated carbocycles. The Morgan fingerprint density at radius 3 is 2.64 bits per heavy atom. The first-order valence-electron chi connectivity index (χ1n) is 8.78. The van der Waals surface area contributed by atoms with Crippen LogP contribution >= 0.6 is 7.60 Å². The van der Waals surface area contributed by atoms with Gasteiger partial charge in [0.05, 0.1) is 18.8 Å². The number of aromatic amines is 1. The number of H-pyrrole nitrogens is 1. The monoisotopic (exact) mass is 412 g/mol. The smallest absolute Gasteiger partial charge is 0.330 e. The molecule has 0 aromatic carbocycles. The van der Waals surface area contributed by atoms with Gasteiger partial charge in [0.15, 0.2) is 13.0 Å². The molecule has 28 heavy (non-hydrogen) atoms. The summed E-state index contributed by atoms with van der Waals surface area (Å²) in [5, 5.41) is 7.21. The van der Waals surface area contributed by atoms with E-state index in [0.717, 1.165) is 6.20 Å². The van der Waals surface area contributed by atoms with Crippen LogP contribution in [0.25, 0.3) is 0 Å². The fourth-order valence-electron chi connectivity index (χ4n) is 3.47. The molecule has 4 atom stereocenters. The van der Waals surface area contributed by atoms with Crippen LogP contribution in [0.2, 0.25) is 0 Å². The second kappa shape index (κ2) is 7.07. The first kappa shape index (κ1) is 20.7. The molecule has 3 rings (SSSR count). The Bertz CT molecular complexity index is 1030. The maximum absolute atomic E-state index is 12.2. The van der Waals surface area contributed by atoms with Gasteiger partial charge in [0.25, 0.3) is 5.56 Å². The van der Waals surface area contributed by atoms with Crippen molar-refractivity contribution in [1.29, 1.82) is 0 Å². The van der Waals surface area contributed by atoms with Gasteiger partial charge in [0, 0.05) is 11.8 Å². The second-order valence-electron chi connectivity index (χ2n) is 8.14. The van der Waals surface area contributed by atoms with E-state index in [0.29, 0.717) is 12.0 Å². The van der Waals surface area contributed by atoms with Gasteiger partial charge in [-0.3, -0.25) is 14.3 Å². The van der Waals surface area contributed by atoms with E-state index in [2.05, 4.69) is 15.3 Å². The summed E-state index contributed by atoms with van der Waals surface area (Å²) in [5.74, 6) is 0.0115. The maximum Gasteiger partial charge on any atom is 0.330 e. The predicted octanol–water partition coefficient (Wildman–Crippen LogP) is -0.742. The van der Waals surface area contributed by atoms with Gasteiger partial charge in [-0.15, -0.1) is 5.10 Å². The molecule has 3 heterocycles. The first-order chi connectivity index (χ1) is 12.9. The van der Waals surface area contributed by atoms with Gasteiger partial charge in [-0.05, 0) is 24.7 Å². The topological polar surface area (TPSA) is 155 Å². The summed E-state index contributed by atoms with van der Waals surface area (Å²) in [7, 11) is -4.73. The number of nitrogens with zero attached hydrogens (tertiary/aromatic N) is 4. The van der Waals surface area contributed by atoms with E-state index >= 15 is 0 Å². The highest BCUT2D eigenvalue weighted by Crippen LogP contribution is 2.43. The Kier molecular flexibility index (Phi) is 5.22. The van der Waals surface area contributed by atoms with Crippen LogP contribution in [-0.2, 0) is 15.8 Å². The molecule has 1 aliphatic heterocycles. The Hall–Kier alpha value is -2.07. The number of ether oxygens (including phenoxy) is 1. The van der Waals surface area contributed by atoms with Crippen molar-refractivity contribution < 1.29 is 19.1 Å². The summed E-state index contributed by atoms with van der Waals surface area (Å²) in [4.78, 5) is 46.4. The molecule has 12 heteroatoms. The molecule has 0 amide bonds. The lowest BCUT2D eigenvalue weighted by molar-refractivity contribution is -0.189. The van der Waals surface area contributed by atoms with Crippen LogP contribution in [0, 0.1) is 18.3 Å². The lowest BCUT2D eigenvalue weighted by Gasteiger charge is -2.30. The zero-order valence-electron chi connectivity index (χ0n) is 16.0. The van der Waals surface area contributed by atoms with Crippen molar-refractivity contribution in [3.05, 3.63) is 38.8 Å². The van der Waals surface area contributed by atoms with Crippen LogP contribution in [0.4, 0.5) is 0 Å². The quantitative estimate of drug-likeness (QED) is 0.622. The molecule has 0 radical (unpaired) electrons. The molecule has 0 aliphatic carbocycles. The zero-order chi connectivity index (χ0) is 20.9. The Balaban J connectivity index is 1.89. The Morgan fingerprint density at radius 1 is 1.39 bits per heavy atom. The molecule has 11 nitrogen and oxygen atoms in total. The average molecular weight is 412 g/mol. The molecule has 1 aliphatic rings. The molecule has 0 bridgehead atoms. The van der Waals surface area contributed by atoms with Gasteiger partial charge in [-0.25, -0.2) is 9.48 Å². The van der Waals surface area contributed by atoms with Crippen LogP contribution in [0.15, 0.2) is 22.0 Å². The maximum atomic E-state index is 12.2. The molecule has 2 N–H and O–H groups in total. The second-order valence-corrected chi connectivity index (χ2v) is 9.63.